The molecule has 4 heteroatoms. The lowest BCUT2D eigenvalue weighted by molar-refractivity contribution is 0.215. The largest absolute Gasteiger partial charge is 0.323 e. The Morgan fingerprint density at radius 2 is 1.84 bits per heavy atom. The zero-order valence-electron chi connectivity index (χ0n) is 12.0. The van der Waals surface area contributed by atoms with Crippen LogP contribution >= 0.6 is 0 Å². The second-order valence-electron chi connectivity index (χ2n) is 5.29. The molecule has 1 heterocycles. The van der Waals surface area contributed by atoms with E-state index in [2.05, 4.69) is 29.7 Å². The number of hydrogen-bond donors (Lipinski definition) is 2. The third-order valence-electron chi connectivity index (χ3n) is 3.54. The third-order valence-corrected chi connectivity index (χ3v) is 3.54. The molecule has 0 atom stereocenters. The molecule has 1 fully saturated rings. The smallest absolute Gasteiger partial charge is 0.321 e. The molecule has 4 nitrogen and oxygen atoms in total. The van der Waals surface area contributed by atoms with Crippen molar-refractivity contribution < 1.29 is 4.79 Å². The van der Waals surface area contributed by atoms with Gasteiger partial charge >= 0.3 is 6.03 Å². The van der Waals surface area contributed by atoms with E-state index < -0.39 is 0 Å². The molecule has 1 aliphatic heterocycles. The number of aryl methyl sites for hydroxylation is 3. The number of rotatable bonds is 1. The van der Waals surface area contributed by atoms with E-state index in [9.17, 15) is 4.79 Å². The fourth-order valence-corrected chi connectivity index (χ4v) is 2.61. The summed E-state index contributed by atoms with van der Waals surface area (Å²) in [6, 6.07) is 4.22. The Balaban J connectivity index is 2.10. The summed E-state index contributed by atoms with van der Waals surface area (Å²) in [4.78, 5) is 14.2. The Kier molecular flexibility index (Phi) is 4.43. The van der Waals surface area contributed by atoms with Gasteiger partial charge in [-0.05, 0) is 44.9 Å². The lowest BCUT2D eigenvalue weighted by Gasteiger charge is -2.22. The van der Waals surface area contributed by atoms with Crippen LogP contribution in [0.15, 0.2) is 12.1 Å². The molecule has 1 aromatic carbocycles. The highest BCUT2D eigenvalue weighted by atomic mass is 16.2. The van der Waals surface area contributed by atoms with Crippen LogP contribution in [0.5, 0.6) is 0 Å². The summed E-state index contributed by atoms with van der Waals surface area (Å²) < 4.78 is 0. The fourth-order valence-electron chi connectivity index (χ4n) is 2.61. The van der Waals surface area contributed by atoms with E-state index in [1.54, 1.807) is 0 Å². The molecular weight excluding hydrogens is 238 g/mol. The summed E-state index contributed by atoms with van der Waals surface area (Å²) in [5.74, 6) is 0. The van der Waals surface area contributed by atoms with Gasteiger partial charge in [0.25, 0.3) is 0 Å². The van der Waals surface area contributed by atoms with Gasteiger partial charge < -0.3 is 15.5 Å². The van der Waals surface area contributed by atoms with Crippen LogP contribution in [0.1, 0.15) is 23.1 Å². The van der Waals surface area contributed by atoms with Gasteiger partial charge in [-0.25, -0.2) is 4.79 Å². The molecule has 0 aliphatic carbocycles. The van der Waals surface area contributed by atoms with Crippen molar-refractivity contribution in [2.75, 3.05) is 31.5 Å². The van der Waals surface area contributed by atoms with Crippen LogP contribution in [0, 0.1) is 20.8 Å². The van der Waals surface area contributed by atoms with E-state index in [0.29, 0.717) is 0 Å². The normalized spacial score (nSPS) is 16.1. The minimum Gasteiger partial charge on any atom is -0.323 e. The average Bonchev–Trinajstić information content (AvgIpc) is 2.62. The lowest BCUT2D eigenvalue weighted by Crippen LogP contribution is -2.37. The first-order chi connectivity index (χ1) is 9.08. The number of amides is 2. The van der Waals surface area contributed by atoms with Gasteiger partial charge in [-0.2, -0.15) is 0 Å². The van der Waals surface area contributed by atoms with Crippen LogP contribution in [-0.2, 0) is 0 Å². The van der Waals surface area contributed by atoms with Crippen LogP contribution in [0.25, 0.3) is 0 Å². The highest BCUT2D eigenvalue weighted by Crippen LogP contribution is 2.22. The molecule has 19 heavy (non-hydrogen) atoms. The van der Waals surface area contributed by atoms with Gasteiger partial charge in [0.2, 0.25) is 0 Å². The SMILES string of the molecule is Cc1cc(C)c(NC(=O)N2CCCNCC2)c(C)c1. The molecule has 0 aromatic heterocycles. The van der Waals surface area contributed by atoms with E-state index in [-0.39, 0.29) is 6.03 Å². The molecule has 1 aliphatic rings. The first-order valence-corrected chi connectivity index (χ1v) is 6.92. The number of nitrogens with zero attached hydrogens (tertiary/aromatic N) is 1. The molecule has 0 unspecified atom stereocenters. The summed E-state index contributed by atoms with van der Waals surface area (Å²) in [7, 11) is 0. The van der Waals surface area contributed by atoms with Crippen molar-refractivity contribution >= 4 is 11.7 Å². The van der Waals surface area contributed by atoms with Gasteiger partial charge in [0.15, 0.2) is 0 Å². The van der Waals surface area contributed by atoms with Crippen LogP contribution in [0.4, 0.5) is 10.5 Å². The Hall–Kier alpha value is -1.55. The predicted molar refractivity (Wildman–Crippen MR) is 78.7 cm³/mol. The number of nitrogens with one attached hydrogen (secondary N) is 2. The van der Waals surface area contributed by atoms with Gasteiger partial charge in [0, 0.05) is 25.3 Å². The topological polar surface area (TPSA) is 44.4 Å². The fraction of sp³-hybridized carbons (Fsp3) is 0.533. The monoisotopic (exact) mass is 261 g/mol. The molecule has 104 valence electrons. The lowest BCUT2D eigenvalue weighted by atomic mass is 10.1. The second kappa shape index (κ2) is 6.06. The maximum absolute atomic E-state index is 12.3. The van der Waals surface area contributed by atoms with Crippen molar-refractivity contribution in [2.24, 2.45) is 0 Å². The average molecular weight is 261 g/mol. The van der Waals surface area contributed by atoms with Crippen LogP contribution in [0.3, 0.4) is 0 Å². The number of carbonyl (C=O) groups excluding carboxylic acids is 1. The molecule has 0 radical (unpaired) electrons. The van der Waals surface area contributed by atoms with Crippen molar-refractivity contribution in [3.63, 3.8) is 0 Å². The zero-order chi connectivity index (χ0) is 13.8. The minimum atomic E-state index is 0.0127. The van der Waals surface area contributed by atoms with Gasteiger partial charge in [0.05, 0.1) is 0 Å². The number of hydrogen-bond acceptors (Lipinski definition) is 2. The van der Waals surface area contributed by atoms with E-state index in [0.717, 1.165) is 49.4 Å². The second-order valence-corrected chi connectivity index (χ2v) is 5.29. The number of anilines is 1. The maximum Gasteiger partial charge on any atom is 0.321 e. The Bertz CT molecular complexity index is 439. The molecule has 2 N–H and O–H groups in total. The van der Waals surface area contributed by atoms with E-state index in [1.807, 2.05) is 18.7 Å². The van der Waals surface area contributed by atoms with E-state index >= 15 is 0 Å². The van der Waals surface area contributed by atoms with Crippen LogP contribution in [0.2, 0.25) is 0 Å². The van der Waals surface area contributed by atoms with Gasteiger partial charge in [-0.1, -0.05) is 17.7 Å². The number of carbonyl (C=O) groups is 1. The first kappa shape index (κ1) is 13.9. The van der Waals surface area contributed by atoms with Crippen molar-refractivity contribution in [1.29, 1.82) is 0 Å². The molecule has 1 saturated heterocycles. The van der Waals surface area contributed by atoms with Crippen LogP contribution in [-0.4, -0.2) is 37.1 Å². The highest BCUT2D eigenvalue weighted by molar-refractivity contribution is 5.91. The number of benzene rings is 1. The third kappa shape index (κ3) is 3.47. The molecule has 0 saturated carbocycles. The van der Waals surface area contributed by atoms with Crippen molar-refractivity contribution in [2.45, 2.75) is 27.2 Å². The summed E-state index contributed by atoms with van der Waals surface area (Å²) in [5, 5.41) is 6.37. The molecule has 0 spiro atoms. The summed E-state index contributed by atoms with van der Waals surface area (Å²) in [6.45, 7) is 9.62. The van der Waals surface area contributed by atoms with Crippen LogP contribution < -0.4 is 10.6 Å². The Labute approximate surface area is 115 Å². The number of urea groups is 1. The highest BCUT2D eigenvalue weighted by Gasteiger charge is 2.16. The molecular formula is C15H23N3O. The van der Waals surface area contributed by atoms with E-state index in [4.69, 9.17) is 0 Å². The molecule has 1 aromatic rings. The standard InChI is InChI=1S/C15H23N3O/c1-11-9-12(2)14(13(3)10-11)17-15(19)18-7-4-5-16-6-8-18/h9-10,16H,4-8H2,1-3H3,(H,17,19). The maximum atomic E-state index is 12.3. The summed E-state index contributed by atoms with van der Waals surface area (Å²) in [5.41, 5.74) is 4.43. The Morgan fingerprint density at radius 3 is 2.53 bits per heavy atom. The summed E-state index contributed by atoms with van der Waals surface area (Å²) in [6.07, 6.45) is 1.01. The van der Waals surface area contributed by atoms with Gasteiger partial charge in [-0.15, -0.1) is 0 Å². The van der Waals surface area contributed by atoms with Crippen molar-refractivity contribution in [3.8, 4) is 0 Å². The quantitative estimate of drug-likeness (QED) is 0.815. The molecule has 2 amide bonds. The van der Waals surface area contributed by atoms with Crippen molar-refractivity contribution in [1.82, 2.24) is 10.2 Å². The predicted octanol–water partition coefficient (Wildman–Crippen LogP) is 2.44. The Morgan fingerprint density at radius 1 is 1.16 bits per heavy atom. The molecule has 2 rings (SSSR count). The first-order valence-electron chi connectivity index (χ1n) is 6.92. The van der Waals surface area contributed by atoms with E-state index in [1.165, 1.54) is 5.56 Å². The summed E-state index contributed by atoms with van der Waals surface area (Å²) >= 11 is 0. The van der Waals surface area contributed by atoms with Gasteiger partial charge in [-0.3, -0.25) is 0 Å². The van der Waals surface area contributed by atoms with Gasteiger partial charge in [0.1, 0.15) is 0 Å². The minimum absolute atomic E-state index is 0.0127. The zero-order valence-corrected chi connectivity index (χ0v) is 12.0. The molecule has 0 bridgehead atoms. The van der Waals surface area contributed by atoms with Crippen molar-refractivity contribution in [3.05, 3.63) is 28.8 Å².